The summed E-state index contributed by atoms with van der Waals surface area (Å²) in [5.74, 6) is -3.23. The van der Waals surface area contributed by atoms with E-state index in [4.69, 9.17) is 22.4 Å². The summed E-state index contributed by atoms with van der Waals surface area (Å²) >= 11 is 6.10. The first-order valence-electron chi connectivity index (χ1n) is 10.2. The normalized spacial score (nSPS) is 17.5. The summed E-state index contributed by atoms with van der Waals surface area (Å²) in [6, 6.07) is 1.62. The molecule has 1 saturated heterocycles. The van der Waals surface area contributed by atoms with Gasteiger partial charge in [-0.1, -0.05) is 31.5 Å². The smallest absolute Gasteiger partial charge is 0.305 e. The van der Waals surface area contributed by atoms with Crippen LogP contribution >= 0.6 is 11.6 Å². The molecule has 1 aromatic carbocycles. The molecule has 0 aliphatic carbocycles. The van der Waals surface area contributed by atoms with Gasteiger partial charge in [0.2, 0.25) is 11.8 Å². The van der Waals surface area contributed by atoms with Crippen LogP contribution in [0.4, 0.5) is 5.69 Å². The molecule has 0 aromatic heterocycles. The number of aliphatic carboxylic acids is 1. The fraction of sp³-hybridized carbons (Fsp3) is 0.476. The summed E-state index contributed by atoms with van der Waals surface area (Å²) in [7, 11) is 0. The van der Waals surface area contributed by atoms with Gasteiger partial charge < -0.3 is 31.2 Å². The molecule has 3 atom stereocenters. The van der Waals surface area contributed by atoms with Crippen molar-refractivity contribution in [2.45, 2.75) is 51.2 Å². The second-order valence-corrected chi connectivity index (χ2v) is 8.35. The van der Waals surface area contributed by atoms with Gasteiger partial charge in [0, 0.05) is 12.2 Å². The summed E-state index contributed by atoms with van der Waals surface area (Å²) in [4.78, 5) is 62.0. The van der Waals surface area contributed by atoms with Gasteiger partial charge in [-0.05, 0) is 30.9 Å². The Morgan fingerprint density at radius 3 is 2.53 bits per heavy atom. The molecule has 2 rings (SSSR count). The molecule has 5 N–H and O–H groups in total. The number of halogens is 1. The van der Waals surface area contributed by atoms with E-state index in [0.717, 1.165) is 0 Å². The number of carboxylic acid groups (broad SMARTS) is 1. The molecule has 1 fully saturated rings. The SMILES string of the molecule is CC(C)C(NC(=O)c1c(N)cccc1Cl)C(=O)N1CCCC1C(=O)NC(C=O)CC(=O)O. The first-order chi connectivity index (χ1) is 15.1. The number of nitrogens with zero attached hydrogens (tertiary/aromatic N) is 1. The predicted octanol–water partition coefficient (Wildman–Crippen LogP) is 0.826. The summed E-state index contributed by atoms with van der Waals surface area (Å²) in [6.45, 7) is 3.79. The number of carboxylic acids is 1. The Morgan fingerprint density at radius 1 is 1.28 bits per heavy atom. The van der Waals surface area contributed by atoms with Gasteiger partial charge in [0.1, 0.15) is 18.4 Å². The zero-order valence-corrected chi connectivity index (χ0v) is 18.6. The van der Waals surface area contributed by atoms with E-state index < -0.39 is 48.2 Å². The average Bonchev–Trinajstić information content (AvgIpc) is 3.20. The minimum atomic E-state index is -1.23. The van der Waals surface area contributed by atoms with Crippen molar-refractivity contribution in [3.63, 3.8) is 0 Å². The van der Waals surface area contributed by atoms with E-state index in [1.165, 1.54) is 17.0 Å². The van der Waals surface area contributed by atoms with Crippen LogP contribution in [-0.4, -0.2) is 64.7 Å². The minimum absolute atomic E-state index is 0.0610. The van der Waals surface area contributed by atoms with Crippen molar-refractivity contribution in [2.24, 2.45) is 5.92 Å². The molecular weight excluding hydrogens is 440 g/mol. The number of nitrogen functional groups attached to an aromatic ring is 1. The number of nitrogens with one attached hydrogen (secondary N) is 2. The highest BCUT2D eigenvalue weighted by Crippen LogP contribution is 2.24. The average molecular weight is 467 g/mol. The van der Waals surface area contributed by atoms with Crippen LogP contribution in [0.2, 0.25) is 5.02 Å². The third-order valence-electron chi connectivity index (χ3n) is 5.22. The van der Waals surface area contributed by atoms with Crippen molar-refractivity contribution < 1.29 is 29.1 Å². The summed E-state index contributed by atoms with van der Waals surface area (Å²) < 4.78 is 0. The molecule has 0 saturated carbocycles. The highest BCUT2D eigenvalue weighted by atomic mass is 35.5. The van der Waals surface area contributed by atoms with Gasteiger partial charge in [-0.25, -0.2) is 0 Å². The maximum atomic E-state index is 13.3. The molecular formula is C21H27ClN4O6. The Kier molecular flexibility index (Phi) is 8.59. The van der Waals surface area contributed by atoms with Gasteiger partial charge in [-0.2, -0.15) is 0 Å². The van der Waals surface area contributed by atoms with E-state index >= 15 is 0 Å². The number of likely N-dealkylation sites (tertiary alicyclic amines) is 1. The molecule has 1 heterocycles. The monoisotopic (exact) mass is 466 g/mol. The summed E-state index contributed by atoms with van der Waals surface area (Å²) in [5, 5.41) is 14.0. The Bertz CT molecular complexity index is 886. The van der Waals surface area contributed by atoms with E-state index in [1.807, 2.05) is 0 Å². The third-order valence-corrected chi connectivity index (χ3v) is 5.53. The van der Waals surface area contributed by atoms with E-state index in [0.29, 0.717) is 19.1 Å². The largest absolute Gasteiger partial charge is 0.481 e. The molecule has 0 bridgehead atoms. The zero-order valence-electron chi connectivity index (χ0n) is 17.8. The van der Waals surface area contributed by atoms with Crippen molar-refractivity contribution in [3.05, 3.63) is 28.8 Å². The number of hydrogen-bond donors (Lipinski definition) is 4. The minimum Gasteiger partial charge on any atom is -0.481 e. The standard InChI is InChI=1S/C21H27ClN4O6/c1-11(2)18(25-20(31)17-13(22)5-3-6-14(17)23)21(32)26-8-4-7-15(26)19(30)24-12(10-27)9-16(28)29/h3,5-6,10-12,15,18H,4,7-9,23H2,1-2H3,(H,24,30)(H,25,31)(H,28,29). The maximum Gasteiger partial charge on any atom is 0.305 e. The van der Waals surface area contributed by atoms with Gasteiger partial charge >= 0.3 is 5.97 Å². The number of carbonyl (C=O) groups excluding carboxylic acids is 4. The molecule has 174 valence electrons. The Labute approximate surface area is 190 Å². The number of benzene rings is 1. The molecule has 3 amide bonds. The second-order valence-electron chi connectivity index (χ2n) is 7.94. The van der Waals surface area contributed by atoms with Crippen molar-refractivity contribution in [1.29, 1.82) is 0 Å². The molecule has 1 aliphatic heterocycles. The number of hydrogen-bond acceptors (Lipinski definition) is 6. The molecule has 1 aliphatic rings. The lowest BCUT2D eigenvalue weighted by Crippen LogP contribution is -2.56. The predicted molar refractivity (Wildman–Crippen MR) is 117 cm³/mol. The van der Waals surface area contributed by atoms with Gasteiger partial charge in [0.15, 0.2) is 0 Å². The maximum absolute atomic E-state index is 13.3. The lowest BCUT2D eigenvalue weighted by molar-refractivity contribution is -0.142. The quantitative estimate of drug-likeness (QED) is 0.309. The van der Waals surface area contributed by atoms with Crippen molar-refractivity contribution in [1.82, 2.24) is 15.5 Å². The van der Waals surface area contributed by atoms with Crippen molar-refractivity contribution in [3.8, 4) is 0 Å². The van der Waals surface area contributed by atoms with Crippen LogP contribution in [0.15, 0.2) is 18.2 Å². The van der Waals surface area contributed by atoms with Gasteiger partial charge in [-0.3, -0.25) is 19.2 Å². The lowest BCUT2D eigenvalue weighted by Gasteiger charge is -2.31. The molecule has 0 spiro atoms. The van der Waals surface area contributed by atoms with Crippen LogP contribution < -0.4 is 16.4 Å². The molecule has 0 radical (unpaired) electrons. The Morgan fingerprint density at radius 2 is 1.97 bits per heavy atom. The first-order valence-corrected chi connectivity index (χ1v) is 10.6. The Hall–Kier alpha value is -3.14. The fourth-order valence-corrected chi connectivity index (χ4v) is 3.86. The molecule has 10 nitrogen and oxygen atoms in total. The molecule has 11 heteroatoms. The van der Waals surface area contributed by atoms with E-state index in [9.17, 15) is 24.0 Å². The Balaban J connectivity index is 2.17. The zero-order chi connectivity index (χ0) is 24.0. The second kappa shape index (κ2) is 10.9. The molecule has 1 aromatic rings. The number of nitrogens with two attached hydrogens (primary N) is 1. The third kappa shape index (κ3) is 5.97. The van der Waals surface area contributed by atoms with Crippen molar-refractivity contribution >= 4 is 47.3 Å². The van der Waals surface area contributed by atoms with Gasteiger partial charge in [0.05, 0.1) is 23.0 Å². The van der Waals surface area contributed by atoms with Crippen molar-refractivity contribution in [2.75, 3.05) is 12.3 Å². The topological polar surface area (TPSA) is 159 Å². The first kappa shape index (κ1) is 25.1. The van der Waals surface area contributed by atoms with Crippen LogP contribution in [0.5, 0.6) is 0 Å². The van der Waals surface area contributed by atoms with Crippen LogP contribution in [0.25, 0.3) is 0 Å². The number of carbonyl (C=O) groups is 5. The van der Waals surface area contributed by atoms with Crippen LogP contribution in [0.1, 0.15) is 43.5 Å². The van der Waals surface area contributed by atoms with Gasteiger partial charge in [0.25, 0.3) is 5.91 Å². The van der Waals surface area contributed by atoms with E-state index in [-0.39, 0.29) is 28.7 Å². The van der Waals surface area contributed by atoms with Gasteiger partial charge in [-0.15, -0.1) is 0 Å². The van der Waals surface area contributed by atoms with Crippen LogP contribution in [-0.2, 0) is 19.2 Å². The number of anilines is 1. The van der Waals surface area contributed by atoms with E-state index in [2.05, 4.69) is 10.6 Å². The number of aldehydes is 1. The summed E-state index contributed by atoms with van der Waals surface area (Å²) in [6.07, 6.45) is 0.690. The summed E-state index contributed by atoms with van der Waals surface area (Å²) in [5.41, 5.74) is 6.09. The fourth-order valence-electron chi connectivity index (χ4n) is 3.59. The highest BCUT2D eigenvalue weighted by molar-refractivity contribution is 6.34. The van der Waals surface area contributed by atoms with Crippen LogP contribution in [0.3, 0.4) is 0 Å². The molecule has 3 unspecified atom stereocenters. The van der Waals surface area contributed by atoms with E-state index in [1.54, 1.807) is 19.9 Å². The number of rotatable bonds is 9. The molecule has 32 heavy (non-hydrogen) atoms. The highest BCUT2D eigenvalue weighted by Gasteiger charge is 2.39. The lowest BCUT2D eigenvalue weighted by atomic mass is 10.0. The number of amides is 3. The van der Waals surface area contributed by atoms with Crippen LogP contribution in [0, 0.1) is 5.92 Å².